The number of esters is 1. The second-order valence-electron chi connectivity index (χ2n) is 4.64. The van der Waals surface area contributed by atoms with Gasteiger partial charge in [0.05, 0.1) is 12.5 Å². The topological polar surface area (TPSA) is 101 Å². The summed E-state index contributed by atoms with van der Waals surface area (Å²) in [5.41, 5.74) is 0.509. The number of ether oxygens (including phenoxy) is 1. The molecule has 0 spiro atoms. The molecule has 2 rings (SSSR count). The van der Waals surface area contributed by atoms with Gasteiger partial charge in [0.25, 0.3) is 10.1 Å². The average molecular weight is 286 g/mol. The monoisotopic (exact) mass is 286 g/mol. The number of hydrogen-bond donors (Lipinski definition) is 2. The van der Waals surface area contributed by atoms with Gasteiger partial charge in [0.15, 0.2) is 0 Å². The molecule has 0 saturated carbocycles. The number of benzene rings is 1. The van der Waals surface area contributed by atoms with E-state index < -0.39 is 27.9 Å². The van der Waals surface area contributed by atoms with Crippen LogP contribution in [0.2, 0.25) is 0 Å². The van der Waals surface area contributed by atoms with Gasteiger partial charge in [0, 0.05) is 11.5 Å². The Balaban J connectivity index is 2.67. The molecule has 1 aromatic rings. The second kappa shape index (κ2) is 4.50. The van der Waals surface area contributed by atoms with Crippen LogP contribution in [-0.2, 0) is 19.6 Å². The fourth-order valence-electron chi connectivity index (χ4n) is 2.23. The maximum absolute atomic E-state index is 11.4. The van der Waals surface area contributed by atoms with E-state index in [0.29, 0.717) is 5.56 Å². The fraction of sp³-hybridized carbons (Fsp3) is 0.417. The van der Waals surface area contributed by atoms with E-state index in [1.54, 1.807) is 13.8 Å². The summed E-state index contributed by atoms with van der Waals surface area (Å²) in [6.45, 7) is 3.18. The molecule has 6 nitrogen and oxygen atoms in total. The van der Waals surface area contributed by atoms with E-state index in [1.807, 2.05) is 0 Å². The number of cyclic esters (lactones) is 1. The van der Waals surface area contributed by atoms with E-state index in [-0.39, 0.29) is 22.8 Å². The van der Waals surface area contributed by atoms with Crippen molar-refractivity contribution in [3.05, 3.63) is 23.3 Å². The zero-order valence-corrected chi connectivity index (χ0v) is 11.3. The zero-order chi connectivity index (χ0) is 14.4. The van der Waals surface area contributed by atoms with Gasteiger partial charge < -0.3 is 9.84 Å². The van der Waals surface area contributed by atoms with Crippen LogP contribution in [0.3, 0.4) is 0 Å². The summed E-state index contributed by atoms with van der Waals surface area (Å²) in [6.07, 6.45) is 0. The van der Waals surface area contributed by atoms with Crippen LogP contribution in [-0.4, -0.2) is 30.7 Å². The molecule has 104 valence electrons. The van der Waals surface area contributed by atoms with Crippen molar-refractivity contribution in [2.75, 3.05) is 6.61 Å². The first-order valence-corrected chi connectivity index (χ1v) is 7.14. The summed E-state index contributed by atoms with van der Waals surface area (Å²) in [4.78, 5) is 11.0. The van der Waals surface area contributed by atoms with Gasteiger partial charge in [0.2, 0.25) is 0 Å². The van der Waals surface area contributed by atoms with Crippen LogP contribution in [0.5, 0.6) is 5.75 Å². The molecule has 0 amide bonds. The van der Waals surface area contributed by atoms with E-state index in [2.05, 4.69) is 0 Å². The molecule has 0 bridgehead atoms. The van der Waals surface area contributed by atoms with Crippen LogP contribution in [0, 0.1) is 12.8 Å². The Labute approximate surface area is 110 Å². The Morgan fingerprint density at radius 1 is 1.37 bits per heavy atom. The van der Waals surface area contributed by atoms with Gasteiger partial charge in [-0.15, -0.1) is 0 Å². The minimum atomic E-state index is -4.48. The van der Waals surface area contributed by atoms with Crippen molar-refractivity contribution in [1.29, 1.82) is 0 Å². The normalized spacial score (nSPS) is 23.4. The number of rotatable bonds is 2. The highest BCUT2D eigenvalue weighted by atomic mass is 32.2. The molecular formula is C12H14O6S. The van der Waals surface area contributed by atoms with Gasteiger partial charge in [-0.05, 0) is 18.6 Å². The van der Waals surface area contributed by atoms with E-state index in [0.717, 1.165) is 0 Å². The molecule has 0 radical (unpaired) electrons. The van der Waals surface area contributed by atoms with Gasteiger partial charge in [-0.3, -0.25) is 9.35 Å². The van der Waals surface area contributed by atoms with Crippen LogP contribution in [0.1, 0.15) is 24.0 Å². The van der Waals surface area contributed by atoms with Crippen molar-refractivity contribution in [3.8, 4) is 5.75 Å². The Morgan fingerprint density at radius 2 is 2.00 bits per heavy atom. The number of hydrogen-bond acceptors (Lipinski definition) is 5. The summed E-state index contributed by atoms with van der Waals surface area (Å²) in [7, 11) is -4.48. The molecule has 1 aliphatic rings. The Morgan fingerprint density at radius 3 is 2.47 bits per heavy atom. The molecule has 2 N–H and O–H groups in total. The third-order valence-corrected chi connectivity index (χ3v) is 4.32. The summed E-state index contributed by atoms with van der Waals surface area (Å²) in [5, 5.41) is 10.1. The lowest BCUT2D eigenvalue weighted by atomic mass is 9.88. The van der Waals surface area contributed by atoms with Crippen molar-refractivity contribution in [2.45, 2.75) is 24.7 Å². The molecule has 1 aromatic carbocycles. The van der Waals surface area contributed by atoms with Gasteiger partial charge in [-0.25, -0.2) is 0 Å². The van der Waals surface area contributed by atoms with Crippen LogP contribution < -0.4 is 0 Å². The minimum absolute atomic E-state index is 0.0144. The van der Waals surface area contributed by atoms with E-state index in [1.165, 1.54) is 12.1 Å². The van der Waals surface area contributed by atoms with Gasteiger partial charge in [-0.1, -0.05) is 13.0 Å². The Bertz CT molecular complexity index is 634. The number of carbonyl (C=O) groups excluding carboxylic acids is 1. The zero-order valence-electron chi connectivity index (χ0n) is 10.5. The highest BCUT2D eigenvalue weighted by molar-refractivity contribution is 7.85. The Kier molecular flexibility index (Phi) is 3.27. The quantitative estimate of drug-likeness (QED) is 0.626. The third kappa shape index (κ3) is 2.31. The number of aromatic hydroxyl groups is 1. The van der Waals surface area contributed by atoms with E-state index in [4.69, 9.17) is 4.74 Å². The van der Waals surface area contributed by atoms with Gasteiger partial charge in [0.1, 0.15) is 10.6 Å². The first-order chi connectivity index (χ1) is 8.73. The molecule has 1 fully saturated rings. The maximum Gasteiger partial charge on any atom is 0.309 e. The van der Waals surface area contributed by atoms with Crippen LogP contribution in [0.15, 0.2) is 17.0 Å². The van der Waals surface area contributed by atoms with Gasteiger partial charge in [-0.2, -0.15) is 8.42 Å². The van der Waals surface area contributed by atoms with Crippen LogP contribution in [0.4, 0.5) is 0 Å². The standard InChI is InChI=1S/C12H14O6S/c1-6-3-4-9(19(15,16)17)10(11(6)13)8-5-18-12(14)7(8)2/h3-4,7-8,13H,5H2,1-2H3,(H,15,16,17). The van der Waals surface area contributed by atoms with Crippen molar-refractivity contribution >= 4 is 16.1 Å². The highest BCUT2D eigenvalue weighted by Crippen LogP contribution is 2.41. The molecular weight excluding hydrogens is 272 g/mol. The number of phenolic OH excluding ortho intramolecular Hbond substituents is 1. The average Bonchev–Trinajstić information content (AvgIpc) is 2.62. The molecule has 7 heteroatoms. The molecule has 1 heterocycles. The first kappa shape index (κ1) is 13.8. The first-order valence-electron chi connectivity index (χ1n) is 5.70. The number of carbonyl (C=O) groups is 1. The van der Waals surface area contributed by atoms with Crippen LogP contribution in [0.25, 0.3) is 0 Å². The molecule has 2 unspecified atom stereocenters. The number of aryl methyl sites for hydroxylation is 1. The summed E-state index contributed by atoms with van der Waals surface area (Å²) in [5.74, 6) is -1.85. The van der Waals surface area contributed by atoms with Crippen LogP contribution >= 0.6 is 0 Å². The lowest BCUT2D eigenvalue weighted by Crippen LogP contribution is -2.14. The molecule has 1 aliphatic heterocycles. The summed E-state index contributed by atoms with van der Waals surface area (Å²) in [6, 6.07) is 2.61. The predicted molar refractivity (Wildman–Crippen MR) is 65.5 cm³/mol. The molecule has 1 saturated heterocycles. The molecule has 2 atom stereocenters. The SMILES string of the molecule is Cc1ccc(S(=O)(=O)O)c(C2COC(=O)C2C)c1O. The molecule has 0 aromatic heterocycles. The lowest BCUT2D eigenvalue weighted by Gasteiger charge is -2.17. The number of phenols is 1. The third-order valence-electron chi connectivity index (χ3n) is 3.41. The lowest BCUT2D eigenvalue weighted by molar-refractivity contribution is -0.140. The van der Waals surface area contributed by atoms with E-state index in [9.17, 15) is 22.9 Å². The maximum atomic E-state index is 11.4. The second-order valence-corrected chi connectivity index (χ2v) is 6.03. The smallest absolute Gasteiger partial charge is 0.309 e. The van der Waals surface area contributed by atoms with Crippen molar-refractivity contribution < 1.29 is 27.6 Å². The van der Waals surface area contributed by atoms with E-state index >= 15 is 0 Å². The molecule has 19 heavy (non-hydrogen) atoms. The Hall–Kier alpha value is -1.60. The minimum Gasteiger partial charge on any atom is -0.507 e. The fourth-order valence-corrected chi connectivity index (χ4v) is 2.99. The summed E-state index contributed by atoms with van der Waals surface area (Å²) < 4.78 is 36.9. The van der Waals surface area contributed by atoms with Crippen molar-refractivity contribution in [3.63, 3.8) is 0 Å². The van der Waals surface area contributed by atoms with Crippen molar-refractivity contribution in [2.24, 2.45) is 5.92 Å². The highest BCUT2D eigenvalue weighted by Gasteiger charge is 2.39. The summed E-state index contributed by atoms with van der Waals surface area (Å²) >= 11 is 0. The largest absolute Gasteiger partial charge is 0.507 e. The van der Waals surface area contributed by atoms with Crippen molar-refractivity contribution in [1.82, 2.24) is 0 Å². The predicted octanol–water partition coefficient (Wildman–Crippen LogP) is 1.22. The van der Waals surface area contributed by atoms with Gasteiger partial charge >= 0.3 is 5.97 Å². The molecule has 0 aliphatic carbocycles.